The molecule has 0 spiro atoms. The summed E-state index contributed by atoms with van der Waals surface area (Å²) in [6, 6.07) is 2.72. The highest BCUT2D eigenvalue weighted by Gasteiger charge is 2.30. The largest absolute Gasteiger partial charge is 0.343 e. The molecule has 1 aromatic carbocycles. The second-order valence-corrected chi connectivity index (χ2v) is 7.19. The average molecular weight is 407 g/mol. The van der Waals surface area contributed by atoms with Crippen LogP contribution in [0.15, 0.2) is 12.1 Å². The molecule has 1 atom stereocenters. The fraction of sp³-hybridized carbons (Fsp3) is 0.529. The lowest BCUT2D eigenvalue weighted by atomic mass is 9.96. The van der Waals surface area contributed by atoms with Crippen LogP contribution in [0.25, 0.3) is 0 Å². The lowest BCUT2D eigenvalue weighted by Crippen LogP contribution is -2.48. The number of halogens is 3. The van der Waals surface area contributed by atoms with Gasteiger partial charge in [0.2, 0.25) is 5.91 Å². The number of hydrogen-bond acceptors (Lipinski definition) is 2. The number of amides is 3. The SMILES string of the molecule is CCN(CC)C(=O)C1CCCN(C(=O)Nc2cc(Cl)c(Cl)cc2Cl)C1. The number of hydrogen-bond donors (Lipinski definition) is 1. The van der Waals surface area contributed by atoms with Gasteiger partial charge in [-0.2, -0.15) is 0 Å². The first kappa shape index (κ1) is 20.1. The Bertz CT molecular complexity index is 650. The molecule has 0 saturated carbocycles. The van der Waals surface area contributed by atoms with Crippen LogP contribution >= 0.6 is 34.8 Å². The van der Waals surface area contributed by atoms with E-state index in [1.54, 1.807) is 4.90 Å². The highest BCUT2D eigenvalue weighted by atomic mass is 35.5. The van der Waals surface area contributed by atoms with Crippen LogP contribution in [-0.4, -0.2) is 47.9 Å². The summed E-state index contributed by atoms with van der Waals surface area (Å²) in [5, 5.41) is 3.71. The van der Waals surface area contributed by atoms with Crippen LogP contribution < -0.4 is 5.32 Å². The maximum Gasteiger partial charge on any atom is 0.321 e. The van der Waals surface area contributed by atoms with Gasteiger partial charge in [-0.05, 0) is 38.8 Å². The van der Waals surface area contributed by atoms with Crippen molar-refractivity contribution in [3.8, 4) is 0 Å². The van der Waals surface area contributed by atoms with Gasteiger partial charge in [-0.15, -0.1) is 0 Å². The van der Waals surface area contributed by atoms with Crippen LogP contribution in [0.4, 0.5) is 10.5 Å². The van der Waals surface area contributed by atoms with Crippen molar-refractivity contribution in [1.29, 1.82) is 0 Å². The van der Waals surface area contributed by atoms with E-state index >= 15 is 0 Å². The smallest absolute Gasteiger partial charge is 0.321 e. The van der Waals surface area contributed by atoms with Gasteiger partial charge in [0.15, 0.2) is 0 Å². The summed E-state index contributed by atoms with van der Waals surface area (Å²) >= 11 is 18.0. The van der Waals surface area contributed by atoms with Crippen LogP contribution in [0, 0.1) is 5.92 Å². The molecule has 0 bridgehead atoms. The molecule has 1 heterocycles. The van der Waals surface area contributed by atoms with E-state index in [0.717, 1.165) is 12.8 Å². The van der Waals surface area contributed by atoms with Crippen molar-refractivity contribution in [2.75, 3.05) is 31.5 Å². The first-order valence-electron chi connectivity index (χ1n) is 8.36. The molecule has 8 heteroatoms. The highest BCUT2D eigenvalue weighted by molar-refractivity contribution is 6.44. The minimum atomic E-state index is -0.294. The molecule has 1 unspecified atom stereocenters. The van der Waals surface area contributed by atoms with Gasteiger partial charge in [0.25, 0.3) is 0 Å². The van der Waals surface area contributed by atoms with E-state index in [-0.39, 0.29) is 17.9 Å². The number of carbonyl (C=O) groups is 2. The lowest BCUT2D eigenvalue weighted by molar-refractivity contribution is -0.136. The van der Waals surface area contributed by atoms with Gasteiger partial charge in [-0.3, -0.25) is 4.79 Å². The first-order chi connectivity index (χ1) is 11.9. The molecule has 138 valence electrons. The summed E-state index contributed by atoms with van der Waals surface area (Å²) in [5.74, 6) is -0.0567. The number of nitrogens with zero attached hydrogens (tertiary/aromatic N) is 2. The molecular weight excluding hydrogens is 385 g/mol. The fourth-order valence-corrected chi connectivity index (χ4v) is 3.56. The third-order valence-electron chi connectivity index (χ3n) is 4.38. The van der Waals surface area contributed by atoms with Gasteiger partial charge in [0, 0.05) is 26.2 Å². The third-order valence-corrected chi connectivity index (χ3v) is 5.42. The van der Waals surface area contributed by atoms with Crippen molar-refractivity contribution in [2.24, 2.45) is 5.92 Å². The number of piperidine rings is 1. The Morgan fingerprint density at radius 3 is 2.44 bits per heavy atom. The number of nitrogens with one attached hydrogen (secondary N) is 1. The normalized spacial score (nSPS) is 17.3. The standard InChI is InChI=1S/C17H22Cl3N3O2/c1-3-22(4-2)16(24)11-6-5-7-23(10-11)17(25)21-15-9-13(19)12(18)8-14(15)20/h8-9,11H,3-7,10H2,1-2H3,(H,21,25). The Morgan fingerprint density at radius 2 is 1.80 bits per heavy atom. The lowest BCUT2D eigenvalue weighted by Gasteiger charge is -2.34. The van der Waals surface area contributed by atoms with E-state index < -0.39 is 0 Å². The summed E-state index contributed by atoms with van der Waals surface area (Å²) < 4.78 is 0. The number of benzene rings is 1. The van der Waals surface area contributed by atoms with Gasteiger partial charge in [-0.1, -0.05) is 34.8 Å². The van der Waals surface area contributed by atoms with Crippen molar-refractivity contribution in [2.45, 2.75) is 26.7 Å². The van der Waals surface area contributed by atoms with E-state index in [1.165, 1.54) is 12.1 Å². The van der Waals surface area contributed by atoms with Crippen LogP contribution in [0.5, 0.6) is 0 Å². The molecule has 5 nitrogen and oxygen atoms in total. The van der Waals surface area contributed by atoms with Gasteiger partial charge >= 0.3 is 6.03 Å². The molecule has 1 aliphatic heterocycles. The van der Waals surface area contributed by atoms with E-state index in [2.05, 4.69) is 5.32 Å². The average Bonchev–Trinajstić information content (AvgIpc) is 2.60. The van der Waals surface area contributed by atoms with E-state index in [9.17, 15) is 9.59 Å². The number of urea groups is 1. The molecule has 1 saturated heterocycles. The van der Waals surface area contributed by atoms with E-state index in [0.29, 0.717) is 46.9 Å². The van der Waals surface area contributed by atoms with E-state index in [4.69, 9.17) is 34.8 Å². The molecule has 0 radical (unpaired) electrons. The van der Waals surface area contributed by atoms with Gasteiger partial charge < -0.3 is 15.1 Å². The number of carbonyl (C=O) groups excluding carboxylic acids is 2. The zero-order valence-electron chi connectivity index (χ0n) is 14.3. The molecule has 0 aliphatic carbocycles. The van der Waals surface area contributed by atoms with Gasteiger partial charge in [0.1, 0.15) is 0 Å². The highest BCUT2D eigenvalue weighted by Crippen LogP contribution is 2.32. The molecule has 1 aromatic rings. The maximum atomic E-state index is 12.5. The minimum Gasteiger partial charge on any atom is -0.343 e. The van der Waals surface area contributed by atoms with Crippen molar-refractivity contribution in [3.05, 3.63) is 27.2 Å². The second kappa shape index (κ2) is 8.97. The second-order valence-electron chi connectivity index (χ2n) is 5.97. The van der Waals surface area contributed by atoms with Gasteiger partial charge in [-0.25, -0.2) is 4.79 Å². The number of likely N-dealkylation sites (tertiary alicyclic amines) is 1. The zero-order valence-corrected chi connectivity index (χ0v) is 16.6. The van der Waals surface area contributed by atoms with Crippen LogP contribution in [0.3, 0.4) is 0 Å². The van der Waals surface area contributed by atoms with Crippen LogP contribution in [-0.2, 0) is 4.79 Å². The van der Waals surface area contributed by atoms with Crippen LogP contribution in [0.1, 0.15) is 26.7 Å². The predicted molar refractivity (Wildman–Crippen MR) is 103 cm³/mol. The summed E-state index contributed by atoms with van der Waals surface area (Å²) in [7, 11) is 0. The summed E-state index contributed by atoms with van der Waals surface area (Å²) in [4.78, 5) is 28.5. The number of anilines is 1. The van der Waals surface area contributed by atoms with Gasteiger partial charge in [0.05, 0.1) is 26.7 Å². The topological polar surface area (TPSA) is 52.7 Å². The third kappa shape index (κ3) is 4.93. The quantitative estimate of drug-likeness (QED) is 0.733. The summed E-state index contributed by atoms with van der Waals surface area (Å²) in [6.07, 6.45) is 1.59. The van der Waals surface area contributed by atoms with Crippen molar-refractivity contribution < 1.29 is 9.59 Å². The molecule has 0 aromatic heterocycles. The summed E-state index contributed by atoms with van der Waals surface area (Å²) in [5.41, 5.74) is 0.401. The molecule has 1 aliphatic rings. The molecule has 3 amide bonds. The minimum absolute atomic E-state index is 0.107. The Balaban J connectivity index is 2.05. The zero-order chi connectivity index (χ0) is 18.6. The Morgan fingerprint density at radius 1 is 1.16 bits per heavy atom. The number of rotatable bonds is 4. The van der Waals surface area contributed by atoms with E-state index in [1.807, 2.05) is 18.7 Å². The molecular formula is C17H22Cl3N3O2. The Kier molecular flexibility index (Phi) is 7.23. The molecule has 25 heavy (non-hydrogen) atoms. The molecule has 1 fully saturated rings. The van der Waals surface area contributed by atoms with Crippen molar-refractivity contribution >= 4 is 52.4 Å². The molecule has 1 N–H and O–H groups in total. The van der Waals surface area contributed by atoms with Crippen molar-refractivity contribution in [1.82, 2.24) is 9.80 Å². The monoisotopic (exact) mass is 405 g/mol. The molecule has 2 rings (SSSR count). The van der Waals surface area contributed by atoms with Crippen molar-refractivity contribution in [3.63, 3.8) is 0 Å². The maximum absolute atomic E-state index is 12.5. The fourth-order valence-electron chi connectivity index (χ4n) is 2.97. The van der Waals surface area contributed by atoms with Crippen LogP contribution in [0.2, 0.25) is 15.1 Å². The predicted octanol–water partition coefficient (Wildman–Crippen LogP) is 4.76. The summed E-state index contributed by atoms with van der Waals surface area (Å²) in [6.45, 7) is 6.28. The Hall–Kier alpha value is -1.17. The Labute approximate surface area is 163 Å². The first-order valence-corrected chi connectivity index (χ1v) is 9.50.